The molecule has 0 unspecified atom stereocenters. The van der Waals surface area contributed by atoms with Crippen molar-refractivity contribution in [2.45, 2.75) is 23.2 Å². The molecule has 2 saturated heterocycles. The summed E-state index contributed by atoms with van der Waals surface area (Å²) in [6.45, 7) is 0. The third kappa shape index (κ3) is 3.15. The lowest BCUT2D eigenvalue weighted by Crippen LogP contribution is -2.55. The summed E-state index contributed by atoms with van der Waals surface area (Å²) in [5.74, 6) is -4.67. The fourth-order valence-corrected chi connectivity index (χ4v) is 10.8. The normalized spacial score (nSPS) is 30.7. The first kappa shape index (κ1) is 27.9. The Kier molecular flexibility index (Phi) is 5.36. The molecule has 13 rings (SSSR count). The molecule has 0 aromatic heterocycles. The Bertz CT molecular complexity index is 2240. The van der Waals surface area contributed by atoms with E-state index in [9.17, 15) is 19.2 Å². The molecular formula is C43H29N3O4. The number of hydrogen-bond donors (Lipinski definition) is 0. The van der Waals surface area contributed by atoms with Gasteiger partial charge in [0.15, 0.2) is 0 Å². The Hall–Kier alpha value is -5.95. The lowest BCUT2D eigenvalue weighted by Gasteiger charge is -2.52. The van der Waals surface area contributed by atoms with Gasteiger partial charge in [-0.05, 0) is 56.6 Å². The average molecular weight is 652 g/mol. The third-order valence-corrected chi connectivity index (χ3v) is 12.5. The van der Waals surface area contributed by atoms with Crippen molar-refractivity contribution in [1.29, 1.82) is 0 Å². The first-order valence-electron chi connectivity index (χ1n) is 17.2. The van der Waals surface area contributed by atoms with E-state index in [-0.39, 0.29) is 41.4 Å². The van der Waals surface area contributed by atoms with Crippen molar-refractivity contribution in [1.82, 2.24) is 5.01 Å². The number of rotatable bonds is 3. The predicted molar refractivity (Wildman–Crippen MR) is 185 cm³/mol. The maximum absolute atomic E-state index is 14.7. The van der Waals surface area contributed by atoms with Gasteiger partial charge in [0.1, 0.15) is 0 Å². The number of para-hydroxylation sites is 1. The zero-order valence-electron chi connectivity index (χ0n) is 26.7. The van der Waals surface area contributed by atoms with E-state index in [2.05, 4.69) is 24.3 Å². The number of benzene rings is 5. The lowest BCUT2D eigenvalue weighted by molar-refractivity contribution is -0.140. The summed E-state index contributed by atoms with van der Waals surface area (Å²) in [7, 11) is 0. The van der Waals surface area contributed by atoms with Crippen LogP contribution in [0.25, 0.3) is 0 Å². The van der Waals surface area contributed by atoms with Crippen LogP contribution in [-0.2, 0) is 24.6 Å². The predicted octanol–water partition coefficient (Wildman–Crippen LogP) is 6.12. The second kappa shape index (κ2) is 9.60. The van der Waals surface area contributed by atoms with Gasteiger partial charge >= 0.3 is 0 Å². The van der Waals surface area contributed by atoms with Crippen LogP contribution in [0.4, 0.5) is 5.69 Å². The Morgan fingerprint density at radius 1 is 0.460 bits per heavy atom. The van der Waals surface area contributed by atoms with Crippen LogP contribution in [0, 0.1) is 23.7 Å². The molecule has 0 radical (unpaired) electrons. The van der Waals surface area contributed by atoms with E-state index in [0.717, 1.165) is 49.5 Å². The Labute approximate surface area is 287 Å². The number of amides is 4. The summed E-state index contributed by atoms with van der Waals surface area (Å²) < 4.78 is 0. The van der Waals surface area contributed by atoms with Crippen LogP contribution in [-0.4, -0.2) is 34.9 Å². The van der Waals surface area contributed by atoms with Crippen molar-refractivity contribution in [3.8, 4) is 0 Å². The smallest absolute Gasteiger partial charge is 0.254 e. The Morgan fingerprint density at radius 2 is 0.880 bits per heavy atom. The topological polar surface area (TPSA) is 87.1 Å². The van der Waals surface area contributed by atoms with Crippen molar-refractivity contribution in [2.75, 3.05) is 4.90 Å². The molecule has 2 heterocycles. The molecule has 50 heavy (non-hydrogen) atoms. The van der Waals surface area contributed by atoms with Crippen LogP contribution < -0.4 is 4.90 Å². The maximum atomic E-state index is 14.7. The molecule has 0 saturated carbocycles. The van der Waals surface area contributed by atoms with Gasteiger partial charge in [0.05, 0.1) is 34.8 Å². The number of nitrogens with zero attached hydrogens (tertiary/aromatic N) is 3. The summed E-state index contributed by atoms with van der Waals surface area (Å²) in [5, 5.41) is 5.95. The second-order valence-corrected chi connectivity index (χ2v) is 14.4. The quantitative estimate of drug-likeness (QED) is 0.174. The molecule has 0 N–H and O–H groups in total. The summed E-state index contributed by atoms with van der Waals surface area (Å²) in [6, 6.07) is 41.2. The zero-order valence-corrected chi connectivity index (χ0v) is 26.7. The highest BCUT2D eigenvalue weighted by molar-refractivity contribution is 6.25. The van der Waals surface area contributed by atoms with E-state index >= 15 is 0 Å². The van der Waals surface area contributed by atoms with Gasteiger partial charge < -0.3 is 0 Å². The molecule has 0 spiro atoms. The molecule has 2 fully saturated rings. The molecule has 8 aliphatic rings. The molecule has 6 aliphatic carbocycles. The number of imide groups is 2. The van der Waals surface area contributed by atoms with Crippen LogP contribution in [0.5, 0.6) is 0 Å². The fraction of sp³-hybridized carbons (Fsp3) is 0.186. The molecule has 240 valence electrons. The van der Waals surface area contributed by atoms with Gasteiger partial charge in [0, 0.05) is 24.0 Å². The Morgan fingerprint density at radius 3 is 1.38 bits per heavy atom. The van der Waals surface area contributed by atoms with Crippen LogP contribution in [0.1, 0.15) is 62.3 Å². The molecule has 5 aromatic rings. The summed E-state index contributed by atoms with van der Waals surface area (Å²) in [6.07, 6.45) is 1.66. The first-order valence-corrected chi connectivity index (χ1v) is 17.2. The van der Waals surface area contributed by atoms with E-state index in [1.807, 2.05) is 91.0 Å². The van der Waals surface area contributed by atoms with Crippen LogP contribution in [0.2, 0.25) is 0 Å². The number of hydrazone groups is 1. The third-order valence-electron chi connectivity index (χ3n) is 12.5. The number of hydrogen-bond acceptors (Lipinski definition) is 5. The van der Waals surface area contributed by atoms with Gasteiger partial charge in [0.25, 0.3) is 11.8 Å². The summed E-state index contributed by atoms with van der Waals surface area (Å²) in [5.41, 5.74) is 7.39. The molecule has 5 aromatic carbocycles. The number of carbonyl (C=O) groups excluding carboxylic acids is 4. The minimum atomic E-state index is -1.19. The van der Waals surface area contributed by atoms with E-state index in [1.165, 1.54) is 4.90 Å². The molecule has 2 aliphatic heterocycles. The van der Waals surface area contributed by atoms with Crippen molar-refractivity contribution in [3.63, 3.8) is 0 Å². The molecular weight excluding hydrogens is 622 g/mol. The van der Waals surface area contributed by atoms with Gasteiger partial charge in [-0.15, -0.1) is 0 Å². The highest BCUT2D eigenvalue weighted by Gasteiger charge is 2.68. The van der Waals surface area contributed by atoms with Gasteiger partial charge in [-0.1, -0.05) is 115 Å². The van der Waals surface area contributed by atoms with Gasteiger partial charge in [-0.2, -0.15) is 10.1 Å². The fourth-order valence-electron chi connectivity index (χ4n) is 10.8. The molecule has 4 atom stereocenters. The lowest BCUT2D eigenvalue weighted by atomic mass is 9.47. The standard InChI is InChI=1S/C43H29N3O4/c47-39-37-34-28-18-8-10-20-30(28)43(31-21-11-9-19-29(31)34,38(37)42(50)45(39)23-12-2-1-3-13-23)22-44-46-40(48)35-32-24-14-4-5-15-25(24)33(36(35)41(46)49)27-17-7-6-16-26(27)32/h1-22,32-38H/b44-22-/t32?,33?,34?,35-,36+,37-,38+,43?/m0/s1. The van der Waals surface area contributed by atoms with E-state index in [0.29, 0.717) is 5.69 Å². The minimum Gasteiger partial charge on any atom is -0.274 e. The number of carbonyl (C=O) groups is 4. The van der Waals surface area contributed by atoms with Gasteiger partial charge in [-0.25, -0.2) is 4.90 Å². The largest absolute Gasteiger partial charge is 0.274 e. The molecule has 4 amide bonds. The minimum absolute atomic E-state index is 0.246. The van der Waals surface area contributed by atoms with E-state index in [1.54, 1.807) is 18.3 Å². The molecule has 7 heteroatoms. The van der Waals surface area contributed by atoms with Crippen molar-refractivity contribution in [2.24, 2.45) is 28.8 Å². The SMILES string of the molecule is O=C1[C@@H]2C3c4ccccc4C(c4ccccc43)[C@@H]2C(=O)N1/N=C\C12c3ccccc3C(c3ccccc31)[C@@H]1C(=O)N(c3ccccc3)C(=O)[C@@H]12. The Balaban J connectivity index is 1.09. The van der Waals surface area contributed by atoms with Crippen molar-refractivity contribution >= 4 is 35.5 Å². The summed E-state index contributed by atoms with van der Waals surface area (Å²) >= 11 is 0. The highest BCUT2D eigenvalue weighted by Crippen LogP contribution is 2.64. The average Bonchev–Trinajstić information content (AvgIpc) is 3.59. The van der Waals surface area contributed by atoms with Gasteiger partial charge in [-0.3, -0.25) is 19.2 Å². The maximum Gasteiger partial charge on any atom is 0.254 e. The van der Waals surface area contributed by atoms with Crippen LogP contribution >= 0.6 is 0 Å². The van der Waals surface area contributed by atoms with Crippen LogP contribution in [0.3, 0.4) is 0 Å². The van der Waals surface area contributed by atoms with Gasteiger partial charge in [0.2, 0.25) is 11.8 Å². The van der Waals surface area contributed by atoms with E-state index < -0.39 is 29.1 Å². The first-order chi connectivity index (χ1) is 24.5. The summed E-state index contributed by atoms with van der Waals surface area (Å²) in [4.78, 5) is 59.7. The van der Waals surface area contributed by atoms with Crippen molar-refractivity contribution in [3.05, 3.63) is 172 Å². The van der Waals surface area contributed by atoms with E-state index in [4.69, 9.17) is 5.10 Å². The highest BCUT2D eigenvalue weighted by atomic mass is 16.2. The van der Waals surface area contributed by atoms with Crippen molar-refractivity contribution < 1.29 is 19.2 Å². The zero-order chi connectivity index (χ0) is 33.5. The number of anilines is 1. The monoisotopic (exact) mass is 651 g/mol. The second-order valence-electron chi connectivity index (χ2n) is 14.4. The molecule has 7 nitrogen and oxygen atoms in total. The molecule has 4 bridgehead atoms. The van der Waals surface area contributed by atoms with Crippen LogP contribution in [0.15, 0.2) is 132 Å².